The zero-order valence-electron chi connectivity index (χ0n) is 11.6. The highest BCUT2D eigenvalue weighted by Gasteiger charge is 2.54. The Bertz CT molecular complexity index is 633. The summed E-state index contributed by atoms with van der Waals surface area (Å²) in [6.07, 6.45) is 0.547. The van der Waals surface area contributed by atoms with Gasteiger partial charge in [-0.3, -0.25) is 0 Å². The van der Waals surface area contributed by atoms with Crippen molar-refractivity contribution in [2.24, 2.45) is 0 Å². The van der Waals surface area contributed by atoms with E-state index in [2.05, 4.69) is 0 Å². The third-order valence-electron chi connectivity index (χ3n) is 3.59. The maximum atomic E-state index is 13.7. The molecular weight excluding hydrogens is 273 g/mol. The third kappa shape index (κ3) is 2.95. The van der Waals surface area contributed by atoms with E-state index < -0.39 is 11.6 Å². The van der Waals surface area contributed by atoms with Gasteiger partial charge in [-0.25, -0.2) is 0 Å². The number of benzene rings is 2. The average Bonchev–Trinajstić information content (AvgIpc) is 2.46. The van der Waals surface area contributed by atoms with Crippen molar-refractivity contribution in [1.29, 1.82) is 0 Å². The first-order valence-electron chi connectivity index (χ1n) is 6.54. The molecule has 0 radical (unpaired) electrons. The Morgan fingerprint density at radius 1 is 0.952 bits per heavy atom. The predicted octanol–water partition coefficient (Wildman–Crippen LogP) is 4.67. The van der Waals surface area contributed by atoms with E-state index in [1.54, 1.807) is 42.5 Å². The molecule has 1 atom stereocenters. The summed E-state index contributed by atoms with van der Waals surface area (Å²) >= 11 is 0. The van der Waals surface area contributed by atoms with Crippen molar-refractivity contribution in [1.82, 2.24) is 0 Å². The van der Waals surface area contributed by atoms with E-state index in [1.807, 2.05) is 12.8 Å². The molecule has 2 aromatic rings. The number of hydrogen-bond acceptors (Lipinski definition) is 0. The maximum absolute atomic E-state index is 13.7. The summed E-state index contributed by atoms with van der Waals surface area (Å²) in [6, 6.07) is 14.6. The molecule has 0 bridgehead atoms. The molecule has 0 fully saturated rings. The van der Waals surface area contributed by atoms with Gasteiger partial charge in [0.15, 0.2) is 5.41 Å². The highest BCUT2D eigenvalue weighted by atomic mass is 19.4. The monoisotopic (exact) mass is 288 g/mol. The zero-order chi connectivity index (χ0) is 15.5. The summed E-state index contributed by atoms with van der Waals surface area (Å²) in [5.41, 5.74) is -0.638. The van der Waals surface area contributed by atoms with Crippen LogP contribution < -0.4 is 0 Å². The molecule has 3 heteroatoms. The first-order valence-corrected chi connectivity index (χ1v) is 6.54. The molecule has 0 aliphatic heterocycles. The van der Waals surface area contributed by atoms with Crippen LogP contribution in [0.1, 0.15) is 16.7 Å². The molecule has 0 nitrogen and oxygen atoms in total. The first-order chi connectivity index (χ1) is 9.89. The molecule has 0 heterocycles. The van der Waals surface area contributed by atoms with Gasteiger partial charge in [0, 0.05) is 6.42 Å². The molecule has 0 aliphatic carbocycles. The lowest BCUT2D eigenvalue weighted by atomic mass is 9.75. The summed E-state index contributed by atoms with van der Waals surface area (Å²) in [4.78, 5) is 0. The van der Waals surface area contributed by atoms with E-state index in [9.17, 15) is 13.2 Å². The molecule has 0 unspecified atom stereocenters. The maximum Gasteiger partial charge on any atom is 0.409 e. The molecule has 2 rings (SSSR count). The molecule has 108 valence electrons. The highest BCUT2D eigenvalue weighted by Crippen LogP contribution is 2.43. The van der Waals surface area contributed by atoms with Gasteiger partial charge in [-0.1, -0.05) is 66.1 Å². The van der Waals surface area contributed by atoms with Gasteiger partial charge in [0.05, 0.1) is 0 Å². The van der Waals surface area contributed by atoms with Gasteiger partial charge in [0.2, 0.25) is 0 Å². The van der Waals surface area contributed by atoms with Crippen molar-refractivity contribution in [2.45, 2.75) is 24.9 Å². The van der Waals surface area contributed by atoms with Crippen LogP contribution in [0.5, 0.6) is 0 Å². The number of alkyl halides is 3. The van der Waals surface area contributed by atoms with Gasteiger partial charge >= 0.3 is 6.18 Å². The summed E-state index contributed by atoms with van der Waals surface area (Å²) in [5, 5.41) is 0. The second-order valence-corrected chi connectivity index (χ2v) is 5.08. The molecule has 0 saturated heterocycles. The molecule has 21 heavy (non-hydrogen) atoms. The normalized spacial score (nSPS) is 14.2. The van der Waals surface area contributed by atoms with Crippen LogP contribution in [0.3, 0.4) is 0 Å². The second-order valence-electron chi connectivity index (χ2n) is 5.08. The van der Waals surface area contributed by atoms with Crippen molar-refractivity contribution in [3.8, 4) is 12.3 Å². The van der Waals surface area contributed by atoms with Gasteiger partial charge in [-0.2, -0.15) is 13.2 Å². The van der Waals surface area contributed by atoms with E-state index in [0.29, 0.717) is 5.56 Å². The Hall–Kier alpha value is -2.21. The fourth-order valence-electron chi connectivity index (χ4n) is 2.32. The number of aryl methyl sites for hydroxylation is 1. The van der Waals surface area contributed by atoms with Crippen LogP contribution in [0.4, 0.5) is 13.2 Å². The van der Waals surface area contributed by atoms with Crippen LogP contribution in [0.25, 0.3) is 0 Å². The minimum atomic E-state index is -4.52. The summed E-state index contributed by atoms with van der Waals surface area (Å²) in [5.74, 6) is 2.01. The van der Waals surface area contributed by atoms with Crippen molar-refractivity contribution >= 4 is 0 Å². The molecule has 0 aliphatic rings. The molecule has 0 aromatic heterocycles. The van der Waals surface area contributed by atoms with E-state index in [1.165, 1.54) is 12.1 Å². The molecule has 2 aromatic carbocycles. The zero-order valence-corrected chi connectivity index (χ0v) is 11.6. The predicted molar refractivity (Wildman–Crippen MR) is 77.9 cm³/mol. The van der Waals surface area contributed by atoms with Gasteiger partial charge in [0.1, 0.15) is 0 Å². The van der Waals surface area contributed by atoms with E-state index >= 15 is 0 Å². The fourth-order valence-corrected chi connectivity index (χ4v) is 2.32. The second kappa shape index (κ2) is 5.65. The van der Waals surface area contributed by atoms with Gasteiger partial charge in [0.25, 0.3) is 0 Å². The molecule has 0 amide bonds. The third-order valence-corrected chi connectivity index (χ3v) is 3.59. The number of halogens is 3. The Kier molecular flexibility index (Phi) is 4.09. The van der Waals surface area contributed by atoms with Crippen LogP contribution in [-0.2, 0) is 11.8 Å². The van der Waals surface area contributed by atoms with E-state index in [-0.39, 0.29) is 12.0 Å². The number of rotatable bonds is 3. The summed E-state index contributed by atoms with van der Waals surface area (Å²) in [6.45, 7) is 1.89. The highest BCUT2D eigenvalue weighted by molar-refractivity contribution is 5.40. The Labute approximate surface area is 122 Å². The van der Waals surface area contributed by atoms with Gasteiger partial charge in [-0.05, 0) is 18.1 Å². The standard InChI is InChI=1S/C18H15F3/c1-3-17(18(19,20)21,16-7-5-4-6-8-16)13-15-11-9-14(2)10-12-15/h1,4-12H,13H2,2H3/t17-/m0/s1. The molecule has 0 saturated carbocycles. The quantitative estimate of drug-likeness (QED) is 0.720. The fraction of sp³-hybridized carbons (Fsp3) is 0.222. The smallest absolute Gasteiger partial charge is 0.169 e. The first kappa shape index (κ1) is 15.2. The van der Waals surface area contributed by atoms with E-state index in [0.717, 1.165) is 5.56 Å². The molecular formula is C18H15F3. The Morgan fingerprint density at radius 3 is 2.00 bits per heavy atom. The van der Waals surface area contributed by atoms with Crippen LogP contribution in [-0.4, -0.2) is 6.18 Å². The van der Waals surface area contributed by atoms with Crippen molar-refractivity contribution in [3.63, 3.8) is 0 Å². The van der Waals surface area contributed by atoms with Crippen molar-refractivity contribution < 1.29 is 13.2 Å². The number of hydrogen-bond donors (Lipinski definition) is 0. The lowest BCUT2D eigenvalue weighted by Crippen LogP contribution is -2.43. The summed E-state index contributed by atoms with van der Waals surface area (Å²) < 4.78 is 41.1. The van der Waals surface area contributed by atoms with Gasteiger partial charge in [-0.15, -0.1) is 6.42 Å². The van der Waals surface area contributed by atoms with Crippen LogP contribution in [0.15, 0.2) is 54.6 Å². The minimum Gasteiger partial charge on any atom is -0.169 e. The van der Waals surface area contributed by atoms with Crippen molar-refractivity contribution in [2.75, 3.05) is 0 Å². The number of terminal acetylenes is 1. The SMILES string of the molecule is C#C[C@](Cc1ccc(C)cc1)(c1ccccc1)C(F)(F)F. The lowest BCUT2D eigenvalue weighted by Gasteiger charge is -2.31. The largest absolute Gasteiger partial charge is 0.409 e. The average molecular weight is 288 g/mol. The molecule has 0 spiro atoms. The summed E-state index contributed by atoms with van der Waals surface area (Å²) in [7, 11) is 0. The van der Waals surface area contributed by atoms with Crippen LogP contribution in [0, 0.1) is 19.3 Å². The topological polar surface area (TPSA) is 0 Å². The Morgan fingerprint density at radius 2 is 1.52 bits per heavy atom. The minimum absolute atomic E-state index is 0.0978. The Balaban J connectivity index is 2.52. The van der Waals surface area contributed by atoms with E-state index in [4.69, 9.17) is 6.42 Å². The van der Waals surface area contributed by atoms with Crippen LogP contribution in [0.2, 0.25) is 0 Å². The molecule has 0 N–H and O–H groups in total. The van der Waals surface area contributed by atoms with Crippen molar-refractivity contribution in [3.05, 3.63) is 71.3 Å². The van der Waals surface area contributed by atoms with Gasteiger partial charge < -0.3 is 0 Å². The lowest BCUT2D eigenvalue weighted by molar-refractivity contribution is -0.172. The van der Waals surface area contributed by atoms with Crippen LogP contribution >= 0.6 is 0 Å².